The summed E-state index contributed by atoms with van der Waals surface area (Å²) in [5.74, 6) is 2.69. The summed E-state index contributed by atoms with van der Waals surface area (Å²) < 4.78 is 2.27. The summed E-state index contributed by atoms with van der Waals surface area (Å²) in [6.07, 6.45) is 3.92. The van der Waals surface area contributed by atoms with Crippen LogP contribution >= 0.6 is 36.2 Å². The molecule has 0 aromatic carbocycles. The lowest BCUT2D eigenvalue weighted by Crippen LogP contribution is -2.38. The van der Waals surface area contributed by atoms with E-state index in [9.17, 15) is 4.79 Å². The van der Waals surface area contributed by atoms with Crippen molar-refractivity contribution in [1.82, 2.24) is 30.0 Å². The SMILES string of the molecule is CCCc1nc(C)c(C(=O)N2CCC(c3nnc4n3CCNC4)CC2)s1.Cl.Cl. The van der Waals surface area contributed by atoms with Gasteiger partial charge < -0.3 is 14.8 Å². The molecule has 4 rings (SSSR count). The fraction of sp³-hybridized carbons (Fsp3) is 0.667. The van der Waals surface area contributed by atoms with E-state index in [0.29, 0.717) is 5.92 Å². The Hall–Kier alpha value is -1.22. The molecule has 0 spiro atoms. The van der Waals surface area contributed by atoms with Gasteiger partial charge in [0.05, 0.1) is 17.2 Å². The molecule has 1 saturated heterocycles. The predicted molar refractivity (Wildman–Crippen MR) is 115 cm³/mol. The van der Waals surface area contributed by atoms with Crippen molar-refractivity contribution in [3.8, 4) is 0 Å². The van der Waals surface area contributed by atoms with Gasteiger partial charge in [0.2, 0.25) is 0 Å². The monoisotopic (exact) mass is 446 g/mol. The highest BCUT2D eigenvalue weighted by Crippen LogP contribution is 2.30. The second kappa shape index (κ2) is 10.0. The fourth-order valence-electron chi connectivity index (χ4n) is 3.87. The van der Waals surface area contributed by atoms with E-state index in [-0.39, 0.29) is 30.7 Å². The van der Waals surface area contributed by atoms with Crippen molar-refractivity contribution in [2.24, 2.45) is 0 Å². The third kappa shape index (κ3) is 4.50. The summed E-state index contributed by atoms with van der Waals surface area (Å²) in [6.45, 7) is 8.37. The van der Waals surface area contributed by atoms with Gasteiger partial charge in [-0.2, -0.15) is 0 Å². The molecule has 1 fully saturated rings. The summed E-state index contributed by atoms with van der Waals surface area (Å²) in [5.41, 5.74) is 0.879. The van der Waals surface area contributed by atoms with Crippen LogP contribution in [-0.4, -0.2) is 50.2 Å². The van der Waals surface area contributed by atoms with Gasteiger partial charge in [-0.1, -0.05) is 6.92 Å². The van der Waals surface area contributed by atoms with Gasteiger partial charge in [0.1, 0.15) is 16.5 Å². The average molecular weight is 447 g/mol. The first kappa shape index (κ1) is 23.1. The molecule has 2 aliphatic rings. The number of thiazole rings is 1. The minimum Gasteiger partial charge on any atom is -0.338 e. The number of hydrogen-bond donors (Lipinski definition) is 1. The van der Waals surface area contributed by atoms with Crippen molar-refractivity contribution >= 4 is 42.1 Å². The Kier molecular flexibility index (Phi) is 8.24. The fourth-order valence-corrected chi connectivity index (χ4v) is 5.01. The first-order chi connectivity index (χ1) is 12.7. The number of amides is 1. The Balaban J connectivity index is 0.00000140. The molecule has 2 aromatic heterocycles. The maximum absolute atomic E-state index is 12.9. The topological polar surface area (TPSA) is 75.9 Å². The number of halogens is 2. The van der Waals surface area contributed by atoms with Crippen molar-refractivity contribution < 1.29 is 4.79 Å². The Bertz CT molecular complexity index is 800. The zero-order valence-electron chi connectivity index (χ0n) is 16.3. The van der Waals surface area contributed by atoms with Gasteiger partial charge in [0.15, 0.2) is 0 Å². The maximum atomic E-state index is 12.9. The van der Waals surface area contributed by atoms with E-state index in [4.69, 9.17) is 0 Å². The second-order valence-electron chi connectivity index (χ2n) is 7.14. The van der Waals surface area contributed by atoms with Crippen LogP contribution in [0.2, 0.25) is 0 Å². The minimum absolute atomic E-state index is 0. The van der Waals surface area contributed by atoms with Crippen molar-refractivity contribution in [3.05, 3.63) is 27.2 Å². The van der Waals surface area contributed by atoms with Gasteiger partial charge in [-0.05, 0) is 32.6 Å². The van der Waals surface area contributed by atoms with Crippen LogP contribution in [0.15, 0.2) is 0 Å². The molecule has 28 heavy (non-hydrogen) atoms. The molecule has 156 valence electrons. The highest BCUT2D eigenvalue weighted by atomic mass is 35.5. The molecule has 1 amide bonds. The molecule has 10 heteroatoms. The average Bonchev–Trinajstić information content (AvgIpc) is 3.25. The molecule has 4 heterocycles. The number of fused-ring (bicyclic) bond motifs is 1. The largest absolute Gasteiger partial charge is 0.338 e. The number of piperidine rings is 1. The zero-order valence-corrected chi connectivity index (χ0v) is 18.8. The second-order valence-corrected chi connectivity index (χ2v) is 8.23. The predicted octanol–water partition coefficient (Wildman–Crippen LogP) is 2.96. The number of nitrogens with one attached hydrogen (secondary N) is 1. The molecule has 2 aliphatic heterocycles. The number of aromatic nitrogens is 4. The molecular formula is C18H28Cl2N6OS. The number of carbonyl (C=O) groups is 1. The number of carbonyl (C=O) groups excluding carboxylic acids is 1. The van der Waals surface area contributed by atoms with Gasteiger partial charge in [0.25, 0.3) is 5.91 Å². The Morgan fingerprint density at radius 3 is 2.68 bits per heavy atom. The standard InChI is InChI=1S/C18H26N6OS.2ClH/c1-3-4-15-20-12(2)16(26-15)18(25)23-8-5-13(6-9-23)17-22-21-14-11-19-7-10-24(14)17;;/h13,19H,3-11H2,1-2H3;2*1H. The lowest BCUT2D eigenvalue weighted by atomic mass is 9.95. The lowest BCUT2D eigenvalue weighted by molar-refractivity contribution is 0.0714. The lowest BCUT2D eigenvalue weighted by Gasteiger charge is -2.32. The van der Waals surface area contributed by atoms with Gasteiger partial charge >= 0.3 is 0 Å². The van der Waals surface area contributed by atoms with E-state index < -0.39 is 0 Å². The van der Waals surface area contributed by atoms with Gasteiger partial charge in [0, 0.05) is 32.1 Å². The van der Waals surface area contributed by atoms with E-state index in [1.54, 1.807) is 11.3 Å². The normalized spacial score (nSPS) is 16.9. The highest BCUT2D eigenvalue weighted by Gasteiger charge is 2.30. The molecule has 0 unspecified atom stereocenters. The third-order valence-corrected chi connectivity index (χ3v) is 6.50. The Labute approximate surface area is 182 Å². The van der Waals surface area contributed by atoms with Crippen LogP contribution in [0, 0.1) is 6.92 Å². The third-order valence-electron chi connectivity index (χ3n) is 5.30. The molecule has 0 radical (unpaired) electrons. The molecule has 7 nitrogen and oxygen atoms in total. The molecule has 0 atom stereocenters. The van der Waals surface area contributed by atoms with Gasteiger partial charge in [-0.3, -0.25) is 4.79 Å². The van der Waals surface area contributed by atoms with Gasteiger partial charge in [-0.15, -0.1) is 46.3 Å². The van der Waals surface area contributed by atoms with Crippen molar-refractivity contribution in [1.29, 1.82) is 0 Å². The summed E-state index contributed by atoms with van der Waals surface area (Å²) in [5, 5.41) is 13.2. The van der Waals surface area contributed by atoms with Crippen molar-refractivity contribution in [3.63, 3.8) is 0 Å². The zero-order chi connectivity index (χ0) is 18.1. The van der Waals surface area contributed by atoms with E-state index in [0.717, 1.165) is 85.6 Å². The molecule has 1 N–H and O–H groups in total. The first-order valence-electron chi connectivity index (χ1n) is 9.55. The Morgan fingerprint density at radius 2 is 1.96 bits per heavy atom. The van der Waals surface area contributed by atoms with E-state index in [1.165, 1.54) is 0 Å². The van der Waals surface area contributed by atoms with E-state index >= 15 is 0 Å². The molecule has 0 bridgehead atoms. The summed E-state index contributed by atoms with van der Waals surface area (Å²) in [7, 11) is 0. The van der Waals surface area contributed by atoms with Crippen LogP contribution in [0.25, 0.3) is 0 Å². The number of rotatable bonds is 4. The molecule has 0 aliphatic carbocycles. The summed E-state index contributed by atoms with van der Waals surface area (Å²) in [4.78, 5) is 20.3. The van der Waals surface area contributed by atoms with Crippen LogP contribution in [0.4, 0.5) is 0 Å². The van der Waals surface area contributed by atoms with E-state index in [2.05, 4.69) is 32.0 Å². The van der Waals surface area contributed by atoms with Crippen LogP contribution in [0.5, 0.6) is 0 Å². The van der Waals surface area contributed by atoms with Crippen LogP contribution in [-0.2, 0) is 19.5 Å². The number of nitrogens with zero attached hydrogens (tertiary/aromatic N) is 5. The smallest absolute Gasteiger partial charge is 0.265 e. The van der Waals surface area contributed by atoms with Gasteiger partial charge in [-0.25, -0.2) is 4.98 Å². The Morgan fingerprint density at radius 1 is 1.21 bits per heavy atom. The van der Waals surface area contributed by atoms with Crippen LogP contribution in [0.1, 0.15) is 64.1 Å². The summed E-state index contributed by atoms with van der Waals surface area (Å²) >= 11 is 1.57. The van der Waals surface area contributed by atoms with E-state index in [1.807, 2.05) is 11.8 Å². The number of hydrogen-bond acceptors (Lipinski definition) is 6. The van der Waals surface area contributed by atoms with Crippen molar-refractivity contribution in [2.75, 3.05) is 19.6 Å². The highest BCUT2D eigenvalue weighted by molar-refractivity contribution is 7.13. The summed E-state index contributed by atoms with van der Waals surface area (Å²) in [6, 6.07) is 0. The van der Waals surface area contributed by atoms with Crippen LogP contribution < -0.4 is 5.32 Å². The minimum atomic E-state index is 0. The quantitative estimate of drug-likeness (QED) is 0.780. The number of aryl methyl sites for hydroxylation is 2. The molecule has 0 saturated carbocycles. The maximum Gasteiger partial charge on any atom is 0.265 e. The molecule has 2 aromatic rings. The van der Waals surface area contributed by atoms with Crippen molar-refractivity contribution in [2.45, 2.75) is 58.5 Å². The number of likely N-dealkylation sites (tertiary alicyclic amines) is 1. The molecular weight excluding hydrogens is 419 g/mol. The van der Waals surface area contributed by atoms with Crippen LogP contribution in [0.3, 0.4) is 0 Å². The first-order valence-corrected chi connectivity index (χ1v) is 10.4.